The van der Waals surface area contributed by atoms with E-state index in [4.69, 9.17) is 9.15 Å². The molecule has 2 aliphatic rings. The minimum absolute atomic E-state index is 0.0617. The first-order chi connectivity index (χ1) is 15.1. The molecule has 1 saturated heterocycles. The van der Waals surface area contributed by atoms with Crippen LogP contribution < -0.4 is 5.43 Å². The van der Waals surface area contributed by atoms with Gasteiger partial charge in [-0.3, -0.25) is 14.9 Å². The van der Waals surface area contributed by atoms with Crippen LogP contribution in [0.25, 0.3) is 6.08 Å². The fourth-order valence-electron chi connectivity index (χ4n) is 3.73. The summed E-state index contributed by atoms with van der Waals surface area (Å²) in [6.45, 7) is 2.76. The van der Waals surface area contributed by atoms with E-state index in [1.54, 1.807) is 30.5 Å². The second kappa shape index (κ2) is 9.40. The number of rotatable bonds is 6. The summed E-state index contributed by atoms with van der Waals surface area (Å²) in [4.78, 5) is 25.0. The van der Waals surface area contributed by atoms with Gasteiger partial charge >= 0.3 is 5.91 Å². The van der Waals surface area contributed by atoms with Crippen LogP contribution in [0.5, 0.6) is 0 Å². The Balaban J connectivity index is 1.60. The van der Waals surface area contributed by atoms with E-state index in [0.29, 0.717) is 13.2 Å². The van der Waals surface area contributed by atoms with Crippen molar-refractivity contribution >= 4 is 23.9 Å². The summed E-state index contributed by atoms with van der Waals surface area (Å²) in [7, 11) is 0. The van der Waals surface area contributed by atoms with Gasteiger partial charge < -0.3 is 14.1 Å². The molecule has 2 aromatic rings. The van der Waals surface area contributed by atoms with Gasteiger partial charge in [-0.2, -0.15) is 5.10 Å². The van der Waals surface area contributed by atoms with Gasteiger partial charge in [0.25, 0.3) is 5.69 Å². The van der Waals surface area contributed by atoms with Crippen molar-refractivity contribution in [1.29, 1.82) is 0 Å². The molecule has 1 aromatic carbocycles. The van der Waals surface area contributed by atoms with Crippen LogP contribution >= 0.6 is 0 Å². The SMILES string of the molecule is O=C(NN=CC1=C(N2CCOCC2)C(=Cc2cccc([N+](=O)[O-])c2)CC1)c1ccco1. The molecule has 0 spiro atoms. The van der Waals surface area contributed by atoms with Gasteiger partial charge in [-0.05, 0) is 47.8 Å². The molecule has 1 aliphatic carbocycles. The highest BCUT2D eigenvalue weighted by molar-refractivity contribution is 5.92. The van der Waals surface area contributed by atoms with Crippen molar-refractivity contribution in [3.63, 3.8) is 0 Å². The van der Waals surface area contributed by atoms with Crippen molar-refractivity contribution in [2.24, 2.45) is 5.10 Å². The normalized spacial score (nSPS) is 18.2. The maximum Gasteiger partial charge on any atom is 0.307 e. The van der Waals surface area contributed by atoms with E-state index in [1.165, 1.54) is 12.3 Å². The minimum Gasteiger partial charge on any atom is -0.459 e. The monoisotopic (exact) mass is 422 g/mol. The van der Waals surface area contributed by atoms with E-state index in [1.807, 2.05) is 12.1 Å². The fourth-order valence-corrected chi connectivity index (χ4v) is 3.73. The number of furan rings is 1. The lowest BCUT2D eigenvalue weighted by Gasteiger charge is -2.31. The summed E-state index contributed by atoms with van der Waals surface area (Å²) in [5.74, 6) is -0.225. The highest BCUT2D eigenvalue weighted by Gasteiger charge is 2.25. The maximum atomic E-state index is 12.0. The number of nitro benzene ring substituents is 1. The van der Waals surface area contributed by atoms with Crippen molar-refractivity contribution in [1.82, 2.24) is 10.3 Å². The molecule has 160 valence electrons. The summed E-state index contributed by atoms with van der Waals surface area (Å²) in [5, 5.41) is 15.2. The van der Waals surface area contributed by atoms with Crippen molar-refractivity contribution in [3.05, 3.63) is 80.9 Å². The first kappa shape index (κ1) is 20.5. The largest absolute Gasteiger partial charge is 0.459 e. The van der Waals surface area contributed by atoms with Crippen molar-refractivity contribution in [2.45, 2.75) is 12.8 Å². The van der Waals surface area contributed by atoms with E-state index in [-0.39, 0.29) is 11.4 Å². The number of hydrogen-bond acceptors (Lipinski definition) is 7. The number of morpholine rings is 1. The molecular weight excluding hydrogens is 400 g/mol. The third-order valence-electron chi connectivity index (χ3n) is 5.15. The smallest absolute Gasteiger partial charge is 0.307 e. The van der Waals surface area contributed by atoms with Gasteiger partial charge in [0.05, 0.1) is 30.6 Å². The van der Waals surface area contributed by atoms with Crippen LogP contribution in [0.4, 0.5) is 5.69 Å². The molecule has 1 N–H and O–H groups in total. The molecule has 1 aromatic heterocycles. The Kier molecular flexibility index (Phi) is 6.23. The second-order valence-corrected chi connectivity index (χ2v) is 7.17. The molecule has 4 rings (SSSR count). The third-order valence-corrected chi connectivity index (χ3v) is 5.15. The van der Waals surface area contributed by atoms with Crippen LogP contribution in [0, 0.1) is 10.1 Å². The number of allylic oxidation sites excluding steroid dienone is 2. The Morgan fingerprint density at radius 2 is 2.03 bits per heavy atom. The molecule has 0 atom stereocenters. The second-order valence-electron chi connectivity index (χ2n) is 7.17. The highest BCUT2D eigenvalue weighted by Crippen LogP contribution is 2.35. The van der Waals surface area contributed by atoms with Crippen molar-refractivity contribution in [3.8, 4) is 0 Å². The molecule has 1 aliphatic heterocycles. The Bertz CT molecular complexity index is 1050. The molecular formula is C22H22N4O5. The van der Waals surface area contributed by atoms with Gasteiger partial charge in [0, 0.05) is 30.9 Å². The van der Waals surface area contributed by atoms with E-state index in [2.05, 4.69) is 15.4 Å². The number of nitro groups is 1. The summed E-state index contributed by atoms with van der Waals surface area (Å²) in [6.07, 6.45) is 6.62. The molecule has 0 saturated carbocycles. The lowest BCUT2D eigenvalue weighted by molar-refractivity contribution is -0.384. The standard InChI is InChI=1S/C22H22N4O5/c27-22(20-5-2-10-31-20)24-23-15-18-7-6-17(21(18)25-8-11-30-12-9-25)13-16-3-1-4-19(14-16)26(28)29/h1-5,10,13-15H,6-9,11-12H2,(H,24,27). The van der Waals surface area contributed by atoms with Gasteiger partial charge in [0.1, 0.15) is 0 Å². The Hall–Kier alpha value is -3.72. The zero-order valence-electron chi connectivity index (χ0n) is 16.8. The average molecular weight is 422 g/mol. The molecule has 2 heterocycles. The molecule has 0 bridgehead atoms. The van der Waals surface area contributed by atoms with Gasteiger partial charge in [-0.15, -0.1) is 0 Å². The number of nitrogens with one attached hydrogen (secondary N) is 1. The Labute approximate surface area is 178 Å². The summed E-state index contributed by atoms with van der Waals surface area (Å²) in [5.41, 5.74) is 6.45. The number of hydrazone groups is 1. The molecule has 9 heteroatoms. The van der Waals surface area contributed by atoms with Crippen LogP contribution in [-0.2, 0) is 4.74 Å². The first-order valence-corrected chi connectivity index (χ1v) is 10.00. The zero-order chi connectivity index (χ0) is 21.6. The summed E-state index contributed by atoms with van der Waals surface area (Å²) < 4.78 is 10.6. The van der Waals surface area contributed by atoms with Crippen LogP contribution in [0.3, 0.4) is 0 Å². The van der Waals surface area contributed by atoms with Crippen LogP contribution in [0.15, 0.2) is 69.0 Å². The van der Waals surface area contributed by atoms with Gasteiger partial charge in [0.2, 0.25) is 0 Å². The van der Waals surface area contributed by atoms with Crippen LogP contribution in [0.1, 0.15) is 29.0 Å². The molecule has 0 unspecified atom stereocenters. The molecule has 1 amide bonds. The van der Waals surface area contributed by atoms with E-state index >= 15 is 0 Å². The van der Waals surface area contributed by atoms with Crippen molar-refractivity contribution in [2.75, 3.05) is 26.3 Å². The number of hydrogen-bond donors (Lipinski definition) is 1. The van der Waals surface area contributed by atoms with Crippen LogP contribution in [-0.4, -0.2) is 48.2 Å². The van der Waals surface area contributed by atoms with E-state index < -0.39 is 10.8 Å². The molecule has 1 fully saturated rings. The number of non-ortho nitro benzene ring substituents is 1. The van der Waals surface area contributed by atoms with Gasteiger partial charge in [-0.1, -0.05) is 12.1 Å². The molecule has 0 radical (unpaired) electrons. The van der Waals surface area contributed by atoms with Gasteiger partial charge in [0.15, 0.2) is 5.76 Å². The van der Waals surface area contributed by atoms with Crippen LogP contribution in [0.2, 0.25) is 0 Å². The summed E-state index contributed by atoms with van der Waals surface area (Å²) >= 11 is 0. The number of amides is 1. The lowest BCUT2D eigenvalue weighted by Crippen LogP contribution is -2.36. The van der Waals surface area contributed by atoms with E-state index in [0.717, 1.165) is 48.3 Å². The fraction of sp³-hybridized carbons (Fsp3) is 0.273. The summed E-state index contributed by atoms with van der Waals surface area (Å²) in [6, 6.07) is 9.80. The topological polar surface area (TPSA) is 110 Å². The third kappa shape index (κ3) is 4.89. The Morgan fingerprint density at radius 3 is 2.77 bits per heavy atom. The quantitative estimate of drug-likeness (QED) is 0.434. The number of nitrogens with zero attached hydrogens (tertiary/aromatic N) is 3. The minimum atomic E-state index is -0.417. The number of benzene rings is 1. The first-order valence-electron chi connectivity index (χ1n) is 10.00. The number of carbonyl (C=O) groups is 1. The number of carbonyl (C=O) groups excluding carboxylic acids is 1. The van der Waals surface area contributed by atoms with Crippen molar-refractivity contribution < 1.29 is 18.9 Å². The molecule has 31 heavy (non-hydrogen) atoms. The molecule has 9 nitrogen and oxygen atoms in total. The number of ether oxygens (including phenoxy) is 1. The maximum absolute atomic E-state index is 12.0. The predicted molar refractivity (Wildman–Crippen MR) is 114 cm³/mol. The lowest BCUT2D eigenvalue weighted by atomic mass is 10.1. The highest BCUT2D eigenvalue weighted by atomic mass is 16.6. The van der Waals surface area contributed by atoms with Gasteiger partial charge in [-0.25, -0.2) is 5.43 Å². The zero-order valence-corrected chi connectivity index (χ0v) is 16.8. The van der Waals surface area contributed by atoms with E-state index in [9.17, 15) is 14.9 Å². The average Bonchev–Trinajstić information content (AvgIpc) is 3.45. The Morgan fingerprint density at radius 1 is 1.19 bits per heavy atom. The predicted octanol–water partition coefficient (Wildman–Crippen LogP) is 3.37.